The van der Waals surface area contributed by atoms with Gasteiger partial charge < -0.3 is 5.32 Å². The Balaban J connectivity index is 2.15. The molecule has 0 radical (unpaired) electrons. The van der Waals surface area contributed by atoms with E-state index in [9.17, 15) is 0 Å². The Morgan fingerprint density at radius 3 is 2.42 bits per heavy atom. The third-order valence-corrected chi connectivity index (χ3v) is 4.17. The second kappa shape index (κ2) is 6.36. The Morgan fingerprint density at radius 2 is 1.79 bits per heavy atom. The highest BCUT2D eigenvalue weighted by Gasteiger charge is 2.07. The smallest absolute Gasteiger partial charge is 0.0485 e. The summed E-state index contributed by atoms with van der Waals surface area (Å²) in [5, 5.41) is 4.28. The first-order chi connectivity index (χ1) is 9.10. The minimum atomic E-state index is 0.257. The Kier molecular flexibility index (Phi) is 4.78. The molecule has 0 aliphatic heterocycles. The Labute approximate surface area is 124 Å². The standard InChI is InChI=1S/C16H18ClNS/c1-11-4-7-14(17)10-16(11)18-12(2)13-5-8-15(19-3)9-6-13/h4-10,12,18H,1-3H3. The van der Waals surface area contributed by atoms with Crippen molar-refractivity contribution in [2.24, 2.45) is 0 Å². The summed E-state index contributed by atoms with van der Waals surface area (Å²) < 4.78 is 0. The van der Waals surface area contributed by atoms with Crippen LogP contribution in [0.4, 0.5) is 5.69 Å². The summed E-state index contributed by atoms with van der Waals surface area (Å²) in [5.41, 5.74) is 3.57. The van der Waals surface area contributed by atoms with Crippen molar-refractivity contribution < 1.29 is 0 Å². The first kappa shape index (κ1) is 14.3. The maximum absolute atomic E-state index is 6.04. The molecule has 2 aromatic rings. The summed E-state index contributed by atoms with van der Waals surface area (Å²) in [6.45, 7) is 4.25. The van der Waals surface area contributed by atoms with E-state index in [1.54, 1.807) is 11.8 Å². The van der Waals surface area contributed by atoms with Gasteiger partial charge in [-0.3, -0.25) is 0 Å². The SMILES string of the molecule is CSc1ccc(C(C)Nc2cc(Cl)ccc2C)cc1. The summed E-state index contributed by atoms with van der Waals surface area (Å²) in [7, 11) is 0. The van der Waals surface area contributed by atoms with Gasteiger partial charge in [0.05, 0.1) is 0 Å². The molecule has 1 nitrogen and oxygen atoms in total. The average molecular weight is 292 g/mol. The van der Waals surface area contributed by atoms with Crippen LogP contribution in [0.2, 0.25) is 5.02 Å². The summed E-state index contributed by atoms with van der Waals surface area (Å²) in [5.74, 6) is 0. The number of anilines is 1. The average Bonchev–Trinajstić information content (AvgIpc) is 2.43. The molecule has 0 heterocycles. The first-order valence-corrected chi connectivity index (χ1v) is 7.87. The summed E-state index contributed by atoms with van der Waals surface area (Å²) in [6, 6.07) is 14.8. The third-order valence-electron chi connectivity index (χ3n) is 3.19. The molecule has 0 aromatic heterocycles. The first-order valence-electron chi connectivity index (χ1n) is 6.27. The van der Waals surface area contributed by atoms with E-state index in [-0.39, 0.29) is 6.04 Å². The van der Waals surface area contributed by atoms with Crippen LogP contribution >= 0.6 is 23.4 Å². The molecule has 1 unspecified atom stereocenters. The van der Waals surface area contributed by atoms with Gasteiger partial charge in [-0.05, 0) is 55.5 Å². The molecule has 2 rings (SSSR count). The van der Waals surface area contributed by atoms with Crippen molar-refractivity contribution in [3.05, 3.63) is 58.6 Å². The van der Waals surface area contributed by atoms with E-state index < -0.39 is 0 Å². The number of halogens is 1. The van der Waals surface area contributed by atoms with Crippen molar-refractivity contribution in [2.75, 3.05) is 11.6 Å². The van der Waals surface area contributed by atoms with Gasteiger partial charge in [0.1, 0.15) is 0 Å². The van der Waals surface area contributed by atoms with Gasteiger partial charge in [-0.25, -0.2) is 0 Å². The van der Waals surface area contributed by atoms with E-state index in [0.717, 1.165) is 10.7 Å². The predicted octanol–water partition coefficient (Wildman–Crippen LogP) is 5.54. The molecule has 0 aliphatic rings. The van der Waals surface area contributed by atoms with Crippen LogP contribution in [0, 0.1) is 6.92 Å². The lowest BCUT2D eigenvalue weighted by atomic mass is 10.1. The maximum Gasteiger partial charge on any atom is 0.0485 e. The normalized spacial score (nSPS) is 12.2. The van der Waals surface area contributed by atoms with Gasteiger partial charge in [0, 0.05) is 21.6 Å². The van der Waals surface area contributed by atoms with Crippen molar-refractivity contribution >= 4 is 29.1 Å². The molecule has 1 atom stereocenters. The molecule has 0 amide bonds. The van der Waals surface area contributed by atoms with Crippen molar-refractivity contribution in [1.82, 2.24) is 0 Å². The van der Waals surface area contributed by atoms with E-state index >= 15 is 0 Å². The zero-order chi connectivity index (χ0) is 13.8. The number of aryl methyl sites for hydroxylation is 1. The highest BCUT2D eigenvalue weighted by molar-refractivity contribution is 7.98. The summed E-state index contributed by atoms with van der Waals surface area (Å²) in [6.07, 6.45) is 2.09. The lowest BCUT2D eigenvalue weighted by Crippen LogP contribution is -2.07. The van der Waals surface area contributed by atoms with Crippen LogP contribution in [0.1, 0.15) is 24.1 Å². The number of hydrogen-bond acceptors (Lipinski definition) is 2. The molecule has 100 valence electrons. The number of benzene rings is 2. The molecule has 0 fully saturated rings. The van der Waals surface area contributed by atoms with Gasteiger partial charge in [-0.2, -0.15) is 0 Å². The topological polar surface area (TPSA) is 12.0 Å². The van der Waals surface area contributed by atoms with Crippen LogP contribution in [0.25, 0.3) is 0 Å². The fourth-order valence-electron chi connectivity index (χ4n) is 1.96. The molecule has 0 saturated carbocycles. The van der Waals surface area contributed by atoms with Crippen LogP contribution in [-0.4, -0.2) is 6.26 Å². The minimum Gasteiger partial charge on any atom is -0.378 e. The van der Waals surface area contributed by atoms with Gasteiger partial charge in [-0.1, -0.05) is 29.8 Å². The molecule has 1 N–H and O–H groups in total. The Morgan fingerprint density at radius 1 is 1.11 bits per heavy atom. The number of rotatable bonds is 4. The molecule has 0 bridgehead atoms. The largest absolute Gasteiger partial charge is 0.378 e. The molecule has 0 saturated heterocycles. The van der Waals surface area contributed by atoms with Crippen LogP contribution in [-0.2, 0) is 0 Å². The molecule has 19 heavy (non-hydrogen) atoms. The van der Waals surface area contributed by atoms with Gasteiger partial charge >= 0.3 is 0 Å². The quantitative estimate of drug-likeness (QED) is 0.742. The lowest BCUT2D eigenvalue weighted by molar-refractivity contribution is 0.880. The monoisotopic (exact) mass is 291 g/mol. The molecule has 3 heteroatoms. The number of thioether (sulfide) groups is 1. The fourth-order valence-corrected chi connectivity index (χ4v) is 2.54. The zero-order valence-electron chi connectivity index (χ0n) is 11.4. The summed E-state index contributed by atoms with van der Waals surface area (Å²) >= 11 is 7.80. The second-order valence-electron chi connectivity index (χ2n) is 4.60. The Hall–Kier alpha value is -1.12. The zero-order valence-corrected chi connectivity index (χ0v) is 13.0. The molecule has 2 aromatic carbocycles. The van der Waals surface area contributed by atoms with Crippen LogP contribution in [0.5, 0.6) is 0 Å². The predicted molar refractivity (Wildman–Crippen MR) is 86.4 cm³/mol. The van der Waals surface area contributed by atoms with Crippen LogP contribution in [0.15, 0.2) is 47.4 Å². The second-order valence-corrected chi connectivity index (χ2v) is 5.91. The van der Waals surface area contributed by atoms with Crippen molar-refractivity contribution in [3.63, 3.8) is 0 Å². The number of hydrogen-bond donors (Lipinski definition) is 1. The van der Waals surface area contributed by atoms with E-state index in [2.05, 4.69) is 49.7 Å². The van der Waals surface area contributed by atoms with Crippen molar-refractivity contribution in [3.8, 4) is 0 Å². The molecule has 0 aliphatic carbocycles. The molecular weight excluding hydrogens is 274 g/mol. The summed E-state index contributed by atoms with van der Waals surface area (Å²) in [4.78, 5) is 1.29. The number of nitrogens with one attached hydrogen (secondary N) is 1. The third kappa shape index (κ3) is 3.68. The fraction of sp³-hybridized carbons (Fsp3) is 0.250. The van der Waals surface area contributed by atoms with E-state index in [1.807, 2.05) is 18.2 Å². The van der Waals surface area contributed by atoms with E-state index in [4.69, 9.17) is 11.6 Å². The Bertz CT molecular complexity index is 551. The van der Waals surface area contributed by atoms with Crippen molar-refractivity contribution in [1.29, 1.82) is 0 Å². The maximum atomic E-state index is 6.04. The van der Waals surface area contributed by atoms with Crippen LogP contribution < -0.4 is 5.32 Å². The molecular formula is C16H18ClNS. The molecule has 0 spiro atoms. The van der Waals surface area contributed by atoms with Crippen molar-refractivity contribution in [2.45, 2.75) is 24.8 Å². The highest BCUT2D eigenvalue weighted by Crippen LogP contribution is 2.26. The van der Waals surface area contributed by atoms with Crippen LogP contribution in [0.3, 0.4) is 0 Å². The van der Waals surface area contributed by atoms with E-state index in [0.29, 0.717) is 0 Å². The van der Waals surface area contributed by atoms with Gasteiger partial charge in [-0.15, -0.1) is 11.8 Å². The highest BCUT2D eigenvalue weighted by atomic mass is 35.5. The van der Waals surface area contributed by atoms with Gasteiger partial charge in [0.2, 0.25) is 0 Å². The minimum absolute atomic E-state index is 0.257. The van der Waals surface area contributed by atoms with Gasteiger partial charge in [0.15, 0.2) is 0 Å². The van der Waals surface area contributed by atoms with Gasteiger partial charge in [0.25, 0.3) is 0 Å². The van der Waals surface area contributed by atoms with E-state index in [1.165, 1.54) is 16.0 Å². The lowest BCUT2D eigenvalue weighted by Gasteiger charge is -2.18.